The number of nitrogens with zero attached hydrogens (tertiary/aromatic N) is 1. The fraction of sp³-hybridized carbons (Fsp3) is 0.286. The van der Waals surface area contributed by atoms with E-state index in [1.807, 2.05) is 0 Å². The molecule has 4 nitrogen and oxygen atoms in total. The van der Waals surface area contributed by atoms with Gasteiger partial charge < -0.3 is 14.4 Å². The Kier molecular flexibility index (Phi) is 3.46. The number of carbonyl (C=O) groups is 2. The Hall–Kier alpha value is -2.10. The minimum absolute atomic E-state index is 0.0304. The first kappa shape index (κ1) is 12.4. The lowest BCUT2D eigenvalue weighted by Gasteiger charge is -2.44. The molecule has 0 aromatic heterocycles. The van der Waals surface area contributed by atoms with E-state index in [-0.39, 0.29) is 17.9 Å². The number of aldehydes is 1. The van der Waals surface area contributed by atoms with Gasteiger partial charge in [0.15, 0.2) is 0 Å². The van der Waals surface area contributed by atoms with Gasteiger partial charge in [0, 0.05) is 5.69 Å². The minimum Gasteiger partial charge on any atom is -0.497 e. The lowest BCUT2D eigenvalue weighted by molar-refractivity contribution is -0.133. The first-order valence-electron chi connectivity index (χ1n) is 5.76. The number of rotatable bonds is 5. The number of ether oxygens (including phenoxy) is 1. The van der Waals surface area contributed by atoms with Crippen LogP contribution in [0.25, 0.3) is 0 Å². The molecule has 0 aliphatic carbocycles. The zero-order valence-electron chi connectivity index (χ0n) is 10.2. The predicted molar refractivity (Wildman–Crippen MR) is 68.6 cm³/mol. The topological polar surface area (TPSA) is 46.6 Å². The molecule has 1 aromatic rings. The molecule has 4 heteroatoms. The molecule has 1 aliphatic rings. The molecule has 0 saturated carbocycles. The molecular formula is C14H15NO3. The zero-order valence-corrected chi connectivity index (χ0v) is 10.2. The molecule has 0 bridgehead atoms. The van der Waals surface area contributed by atoms with Crippen LogP contribution in [-0.2, 0) is 9.59 Å². The predicted octanol–water partition coefficient (Wildman–Crippen LogP) is 1.80. The summed E-state index contributed by atoms with van der Waals surface area (Å²) in [6, 6.07) is 6.70. The summed E-state index contributed by atoms with van der Waals surface area (Å²) < 4.78 is 5.05. The average Bonchev–Trinajstić information content (AvgIpc) is 2.42. The van der Waals surface area contributed by atoms with Gasteiger partial charge in [-0.3, -0.25) is 4.79 Å². The first-order chi connectivity index (χ1) is 8.72. The number of anilines is 1. The minimum atomic E-state index is -0.385. The number of β-lactam (4-membered cyclic amide) rings is 1. The van der Waals surface area contributed by atoms with Crippen molar-refractivity contribution in [2.75, 3.05) is 12.0 Å². The van der Waals surface area contributed by atoms with Gasteiger partial charge in [-0.05, 0) is 30.7 Å². The van der Waals surface area contributed by atoms with Crippen molar-refractivity contribution in [1.82, 2.24) is 0 Å². The summed E-state index contributed by atoms with van der Waals surface area (Å²) in [5.74, 6) is 0.427. The fourth-order valence-electron chi connectivity index (χ4n) is 2.19. The van der Waals surface area contributed by atoms with E-state index in [2.05, 4.69) is 6.58 Å². The molecular weight excluding hydrogens is 230 g/mol. The molecule has 0 radical (unpaired) electrons. The van der Waals surface area contributed by atoms with Crippen molar-refractivity contribution < 1.29 is 14.3 Å². The Morgan fingerprint density at radius 1 is 1.39 bits per heavy atom. The Bertz CT molecular complexity index is 466. The lowest BCUT2D eigenvalue weighted by Crippen LogP contribution is -2.62. The molecule has 18 heavy (non-hydrogen) atoms. The summed E-state index contributed by atoms with van der Waals surface area (Å²) in [4.78, 5) is 24.6. The van der Waals surface area contributed by atoms with E-state index in [1.165, 1.54) is 4.90 Å². The monoisotopic (exact) mass is 245 g/mol. The molecule has 1 aliphatic heterocycles. The van der Waals surface area contributed by atoms with Gasteiger partial charge in [0.2, 0.25) is 5.91 Å². The van der Waals surface area contributed by atoms with Crippen LogP contribution in [0.2, 0.25) is 0 Å². The summed E-state index contributed by atoms with van der Waals surface area (Å²) in [7, 11) is 1.58. The Labute approximate surface area is 106 Å². The van der Waals surface area contributed by atoms with E-state index in [0.29, 0.717) is 6.42 Å². The van der Waals surface area contributed by atoms with Crippen molar-refractivity contribution >= 4 is 17.9 Å². The van der Waals surface area contributed by atoms with Crippen LogP contribution in [0, 0.1) is 5.92 Å². The normalized spacial score (nSPS) is 22.3. The summed E-state index contributed by atoms with van der Waals surface area (Å²) in [6.07, 6.45) is 3.03. The van der Waals surface area contributed by atoms with E-state index in [4.69, 9.17) is 4.74 Å². The van der Waals surface area contributed by atoms with Crippen LogP contribution in [0.3, 0.4) is 0 Å². The summed E-state index contributed by atoms with van der Waals surface area (Å²) >= 11 is 0. The number of hydrogen-bond acceptors (Lipinski definition) is 3. The van der Waals surface area contributed by atoms with Crippen molar-refractivity contribution in [3.8, 4) is 5.75 Å². The number of benzene rings is 1. The van der Waals surface area contributed by atoms with Gasteiger partial charge in [-0.25, -0.2) is 0 Å². The van der Waals surface area contributed by atoms with Crippen LogP contribution in [0.15, 0.2) is 36.9 Å². The number of methoxy groups -OCH3 is 1. The number of amides is 1. The maximum absolute atomic E-state index is 12.0. The highest BCUT2D eigenvalue weighted by atomic mass is 16.5. The van der Waals surface area contributed by atoms with Crippen molar-refractivity contribution in [3.05, 3.63) is 36.9 Å². The molecule has 1 heterocycles. The molecule has 1 saturated heterocycles. The van der Waals surface area contributed by atoms with Gasteiger partial charge in [-0.1, -0.05) is 6.08 Å². The third-order valence-electron chi connectivity index (χ3n) is 3.18. The molecule has 0 spiro atoms. The largest absolute Gasteiger partial charge is 0.497 e. The first-order valence-corrected chi connectivity index (χ1v) is 5.76. The van der Waals surface area contributed by atoms with Gasteiger partial charge >= 0.3 is 0 Å². The fourth-order valence-corrected chi connectivity index (χ4v) is 2.19. The highest BCUT2D eigenvalue weighted by molar-refractivity contribution is 6.08. The van der Waals surface area contributed by atoms with Crippen LogP contribution in [0.4, 0.5) is 5.69 Å². The molecule has 2 atom stereocenters. The van der Waals surface area contributed by atoms with Crippen LogP contribution in [0.1, 0.15) is 6.42 Å². The zero-order chi connectivity index (χ0) is 13.1. The average molecular weight is 245 g/mol. The Morgan fingerprint density at radius 3 is 2.56 bits per heavy atom. The molecule has 0 unspecified atom stereocenters. The SMILES string of the molecule is C=CC[C@H]1C(=O)N(c2ccc(OC)cc2)[C@H]1C=O. The van der Waals surface area contributed by atoms with Crippen LogP contribution < -0.4 is 9.64 Å². The highest BCUT2D eigenvalue weighted by Gasteiger charge is 2.46. The quantitative estimate of drug-likeness (QED) is 0.451. The van der Waals surface area contributed by atoms with E-state index >= 15 is 0 Å². The molecule has 2 rings (SSSR count). The molecule has 1 aromatic carbocycles. The standard InChI is InChI=1S/C14H15NO3/c1-3-4-12-13(9-16)15(14(12)17)10-5-7-11(18-2)8-6-10/h3,5-9,12-13H,1,4H2,2H3/t12-,13+/m1/s1. The summed E-state index contributed by atoms with van der Waals surface area (Å²) in [6.45, 7) is 3.60. The Balaban J connectivity index is 2.20. The summed E-state index contributed by atoms with van der Waals surface area (Å²) in [5, 5.41) is 0. The smallest absolute Gasteiger partial charge is 0.233 e. The second-order valence-electron chi connectivity index (χ2n) is 4.16. The third kappa shape index (κ3) is 1.90. The van der Waals surface area contributed by atoms with Gasteiger partial charge in [0.25, 0.3) is 0 Å². The highest BCUT2D eigenvalue weighted by Crippen LogP contribution is 2.34. The second-order valence-corrected chi connectivity index (χ2v) is 4.16. The van der Waals surface area contributed by atoms with Crippen LogP contribution >= 0.6 is 0 Å². The van der Waals surface area contributed by atoms with E-state index < -0.39 is 0 Å². The van der Waals surface area contributed by atoms with E-state index in [1.54, 1.807) is 37.5 Å². The van der Waals surface area contributed by atoms with Crippen molar-refractivity contribution in [1.29, 1.82) is 0 Å². The van der Waals surface area contributed by atoms with Crippen molar-refractivity contribution in [3.63, 3.8) is 0 Å². The lowest BCUT2D eigenvalue weighted by atomic mass is 9.85. The maximum atomic E-state index is 12.0. The van der Waals surface area contributed by atoms with Gasteiger partial charge in [0.05, 0.1) is 13.0 Å². The van der Waals surface area contributed by atoms with Gasteiger partial charge in [-0.15, -0.1) is 6.58 Å². The maximum Gasteiger partial charge on any atom is 0.233 e. The molecule has 1 fully saturated rings. The van der Waals surface area contributed by atoms with Crippen molar-refractivity contribution in [2.24, 2.45) is 5.92 Å². The Morgan fingerprint density at radius 2 is 2.06 bits per heavy atom. The second kappa shape index (κ2) is 5.04. The molecule has 1 amide bonds. The van der Waals surface area contributed by atoms with Crippen molar-refractivity contribution in [2.45, 2.75) is 12.5 Å². The number of hydrogen-bond donors (Lipinski definition) is 0. The van der Waals surface area contributed by atoms with Gasteiger partial charge in [0.1, 0.15) is 18.1 Å². The molecule has 94 valence electrons. The van der Waals surface area contributed by atoms with Crippen LogP contribution in [-0.4, -0.2) is 25.3 Å². The third-order valence-corrected chi connectivity index (χ3v) is 3.18. The number of carbonyl (C=O) groups excluding carboxylic acids is 2. The number of allylic oxidation sites excluding steroid dienone is 1. The van der Waals surface area contributed by atoms with Crippen LogP contribution in [0.5, 0.6) is 5.75 Å². The molecule has 0 N–H and O–H groups in total. The summed E-state index contributed by atoms with van der Waals surface area (Å²) in [5.41, 5.74) is 0.721. The van der Waals surface area contributed by atoms with E-state index in [0.717, 1.165) is 17.7 Å². The van der Waals surface area contributed by atoms with Gasteiger partial charge in [-0.2, -0.15) is 0 Å². The van der Waals surface area contributed by atoms with E-state index in [9.17, 15) is 9.59 Å².